The average molecular weight is 322 g/mol. The van der Waals surface area contributed by atoms with Crippen LogP contribution in [0.2, 0.25) is 52.4 Å². The van der Waals surface area contributed by atoms with Gasteiger partial charge in [-0.3, -0.25) is 0 Å². The molecule has 0 amide bonds. The van der Waals surface area contributed by atoms with E-state index in [4.69, 9.17) is 0 Å². The molecule has 0 spiro atoms. The smallest absolute Gasteiger partial charge is 0.191 e. The molecule has 109 valence electrons. The Morgan fingerprint density at radius 1 is 0.778 bits per heavy atom. The van der Waals surface area contributed by atoms with Gasteiger partial charge in [0, 0.05) is 0 Å². The van der Waals surface area contributed by atoms with Gasteiger partial charge in [0.2, 0.25) is 0 Å². The van der Waals surface area contributed by atoms with Crippen LogP contribution in [0.4, 0.5) is 0 Å². The number of hydrogen-bond donors (Lipinski definition) is 3. The number of hydrogen-bond acceptors (Lipinski definition) is 4. The molecule has 0 saturated heterocycles. The van der Waals surface area contributed by atoms with Gasteiger partial charge >= 0.3 is 0 Å². The fraction of sp³-hybridized carbons (Fsp3) is 1.00. The minimum Gasteiger partial charge on any atom is -0.349 e. The molecule has 0 aliphatic carbocycles. The largest absolute Gasteiger partial charge is 0.349 e. The van der Waals surface area contributed by atoms with Crippen molar-refractivity contribution in [3.63, 3.8) is 0 Å². The normalized spacial score (nSPS) is 14.7. The lowest BCUT2D eigenvalue weighted by atomic mass is 11.3. The van der Waals surface area contributed by atoms with E-state index in [1.54, 1.807) is 0 Å². The Morgan fingerprint density at radius 2 is 1.22 bits per heavy atom. The molecular formula is C10H33N4Si4. The Morgan fingerprint density at radius 3 is 1.56 bits per heavy atom. The van der Waals surface area contributed by atoms with Crippen LogP contribution in [-0.4, -0.2) is 52.8 Å². The molecule has 0 unspecified atom stereocenters. The van der Waals surface area contributed by atoms with E-state index in [-0.39, 0.29) is 8.96 Å². The summed E-state index contributed by atoms with van der Waals surface area (Å²) in [6.45, 7) is 18.9. The monoisotopic (exact) mass is 321 g/mol. The van der Waals surface area contributed by atoms with Crippen LogP contribution in [0.25, 0.3) is 0 Å². The first-order valence-electron chi connectivity index (χ1n) is 6.62. The molecule has 0 aromatic rings. The number of nitrogens with zero attached hydrogens (tertiary/aromatic N) is 1. The Balaban J connectivity index is 4.65. The molecular weight excluding hydrogens is 288 g/mol. The van der Waals surface area contributed by atoms with Gasteiger partial charge in [-0.1, -0.05) is 13.1 Å². The van der Waals surface area contributed by atoms with Crippen LogP contribution < -0.4 is 13.9 Å². The van der Waals surface area contributed by atoms with E-state index >= 15 is 0 Å². The summed E-state index contributed by atoms with van der Waals surface area (Å²) in [6, 6.07) is 0. The first kappa shape index (κ1) is 18.7. The zero-order chi connectivity index (χ0) is 14.8. The summed E-state index contributed by atoms with van der Waals surface area (Å²) >= 11 is 0. The summed E-state index contributed by atoms with van der Waals surface area (Å²) in [5, 5.41) is 0. The van der Waals surface area contributed by atoms with Gasteiger partial charge in [0.25, 0.3) is 0 Å². The first-order valence-corrected chi connectivity index (χ1v) is 18.1. The summed E-state index contributed by atoms with van der Waals surface area (Å²) < 4.78 is 14.1. The van der Waals surface area contributed by atoms with Crippen LogP contribution in [-0.2, 0) is 0 Å². The number of rotatable bonds is 7. The third kappa shape index (κ3) is 7.33. The second kappa shape index (κ2) is 6.44. The van der Waals surface area contributed by atoms with Crippen molar-refractivity contribution in [1.29, 1.82) is 0 Å². The van der Waals surface area contributed by atoms with E-state index in [1.165, 1.54) is 0 Å². The van der Waals surface area contributed by atoms with E-state index in [1.807, 2.05) is 0 Å². The van der Waals surface area contributed by atoms with Gasteiger partial charge in [0.15, 0.2) is 25.2 Å². The zero-order valence-electron chi connectivity index (χ0n) is 13.9. The minimum absolute atomic E-state index is 0.378. The minimum atomic E-state index is -1.57. The molecule has 4 nitrogen and oxygen atoms in total. The summed E-state index contributed by atoms with van der Waals surface area (Å²) in [6.07, 6.45) is 0. The zero-order valence-corrected chi connectivity index (χ0v) is 17.9. The molecule has 0 rings (SSSR count). The summed E-state index contributed by atoms with van der Waals surface area (Å²) in [5.41, 5.74) is 0. The highest BCUT2D eigenvalue weighted by Gasteiger charge is 2.37. The summed E-state index contributed by atoms with van der Waals surface area (Å²) in [4.78, 5) is 0. The summed E-state index contributed by atoms with van der Waals surface area (Å²) in [7, 11) is -0.536. The Labute approximate surface area is 119 Å². The third-order valence-electron chi connectivity index (χ3n) is 2.92. The predicted octanol–water partition coefficient (Wildman–Crippen LogP) is 1.67. The molecule has 18 heavy (non-hydrogen) atoms. The van der Waals surface area contributed by atoms with Crippen molar-refractivity contribution in [2.45, 2.75) is 52.4 Å². The second-order valence-corrected chi connectivity index (χ2v) is 22.6. The van der Waals surface area contributed by atoms with Crippen LogP contribution in [0.5, 0.6) is 0 Å². The second-order valence-electron chi connectivity index (χ2n) is 7.08. The molecule has 3 N–H and O–H groups in total. The Kier molecular flexibility index (Phi) is 6.69. The molecule has 0 aliphatic rings. The van der Waals surface area contributed by atoms with Crippen LogP contribution >= 0.6 is 0 Å². The van der Waals surface area contributed by atoms with E-state index in [0.29, 0.717) is 0 Å². The molecule has 0 aromatic carbocycles. The summed E-state index contributed by atoms with van der Waals surface area (Å²) in [5.74, 6) is 0. The molecule has 0 aliphatic heterocycles. The lowest BCUT2D eigenvalue weighted by molar-refractivity contribution is 0.612. The van der Waals surface area contributed by atoms with Crippen LogP contribution in [0.1, 0.15) is 0 Å². The molecule has 1 radical (unpaired) electrons. The third-order valence-corrected chi connectivity index (χ3v) is 19.6. The van der Waals surface area contributed by atoms with E-state index in [9.17, 15) is 0 Å². The molecule has 0 bridgehead atoms. The van der Waals surface area contributed by atoms with Crippen molar-refractivity contribution in [3.05, 3.63) is 0 Å². The quantitative estimate of drug-likeness (QED) is 0.624. The van der Waals surface area contributed by atoms with Crippen molar-refractivity contribution in [2.75, 3.05) is 14.1 Å². The SMILES string of the molecule is CN(C)[Si](C)(C)N[Si](C)(C)N[Si](C)(C)N[Si](C)C. The molecule has 0 aromatic heterocycles. The highest BCUT2D eigenvalue weighted by molar-refractivity contribution is 6.97. The van der Waals surface area contributed by atoms with Crippen LogP contribution in [0.3, 0.4) is 0 Å². The van der Waals surface area contributed by atoms with Gasteiger partial charge in [-0.15, -0.1) is 0 Å². The van der Waals surface area contributed by atoms with Crippen molar-refractivity contribution in [3.8, 4) is 0 Å². The van der Waals surface area contributed by atoms with Gasteiger partial charge < -0.3 is 18.5 Å². The Hall–Kier alpha value is 0.708. The van der Waals surface area contributed by atoms with Gasteiger partial charge in [-0.25, -0.2) is 0 Å². The molecule has 0 atom stereocenters. The molecule has 8 heteroatoms. The lowest BCUT2D eigenvalue weighted by Gasteiger charge is -2.42. The van der Waals surface area contributed by atoms with Gasteiger partial charge in [0.1, 0.15) is 8.96 Å². The maximum Gasteiger partial charge on any atom is 0.191 e. The van der Waals surface area contributed by atoms with E-state index in [2.05, 4.69) is 85.0 Å². The molecule has 0 saturated carbocycles. The van der Waals surface area contributed by atoms with Gasteiger partial charge in [-0.05, 0) is 53.4 Å². The van der Waals surface area contributed by atoms with Crippen LogP contribution in [0, 0.1) is 0 Å². The average Bonchev–Trinajstić information content (AvgIpc) is 1.94. The number of nitrogens with one attached hydrogen (secondary N) is 3. The molecule has 0 fully saturated rings. The van der Waals surface area contributed by atoms with Crippen molar-refractivity contribution >= 4 is 34.1 Å². The maximum absolute atomic E-state index is 3.96. The maximum atomic E-state index is 3.96. The van der Waals surface area contributed by atoms with Gasteiger partial charge in [-0.2, -0.15) is 0 Å². The highest BCUT2D eigenvalue weighted by Crippen LogP contribution is 2.07. The standard InChI is InChI=1S/C10H33N4Si4/c1-14(2)18(9,10)13-17(7,8)12-16(5,6)11-15(3)4/h11-13H,1-10H3. The Bertz CT molecular complexity index is 267. The van der Waals surface area contributed by atoms with Gasteiger partial charge in [0.05, 0.1) is 0 Å². The van der Waals surface area contributed by atoms with E-state index < -0.39 is 25.2 Å². The van der Waals surface area contributed by atoms with Crippen molar-refractivity contribution < 1.29 is 0 Å². The lowest BCUT2D eigenvalue weighted by Crippen LogP contribution is -2.78. The fourth-order valence-corrected chi connectivity index (χ4v) is 22.2. The molecule has 0 heterocycles. The highest BCUT2D eigenvalue weighted by atomic mass is 28.5. The van der Waals surface area contributed by atoms with Crippen molar-refractivity contribution in [1.82, 2.24) is 18.5 Å². The predicted molar refractivity (Wildman–Crippen MR) is 93.0 cm³/mol. The van der Waals surface area contributed by atoms with E-state index in [0.717, 1.165) is 0 Å². The topological polar surface area (TPSA) is 39.3 Å². The van der Waals surface area contributed by atoms with Crippen LogP contribution in [0.15, 0.2) is 0 Å². The van der Waals surface area contributed by atoms with Crippen molar-refractivity contribution in [2.24, 2.45) is 0 Å². The first-order chi connectivity index (χ1) is 7.77. The fourth-order valence-electron chi connectivity index (χ4n) is 2.35.